The lowest BCUT2D eigenvalue weighted by Gasteiger charge is -2.18. The van der Waals surface area contributed by atoms with Crippen molar-refractivity contribution in [2.45, 2.75) is 32.1 Å². The van der Waals surface area contributed by atoms with Gasteiger partial charge < -0.3 is 5.43 Å². The lowest BCUT2D eigenvalue weighted by Crippen LogP contribution is -2.18. The molecule has 1 aromatic heterocycles. The first kappa shape index (κ1) is 14.2. The van der Waals surface area contributed by atoms with E-state index in [1.165, 1.54) is 6.07 Å². The van der Waals surface area contributed by atoms with Crippen LogP contribution in [-0.2, 0) is 19.3 Å². The summed E-state index contributed by atoms with van der Waals surface area (Å²) in [5.41, 5.74) is 5.22. The fourth-order valence-corrected chi connectivity index (χ4v) is 2.89. The van der Waals surface area contributed by atoms with E-state index in [2.05, 4.69) is 15.4 Å². The maximum absolute atomic E-state index is 14.0. The van der Waals surface area contributed by atoms with Gasteiger partial charge in [-0.15, -0.1) is 0 Å². The van der Waals surface area contributed by atoms with Crippen molar-refractivity contribution in [3.8, 4) is 0 Å². The standard InChI is InChI=1S/C15H16ClFN4/c16-11-6-3-4-9(14(11)17)8-13-19-12-7-2-1-5-10(12)15(20-13)21-18/h3-4,6H,1-2,5,7-8,18H2,(H,19,20,21). The van der Waals surface area contributed by atoms with Crippen LogP contribution in [0.15, 0.2) is 18.2 Å². The third kappa shape index (κ3) is 2.84. The number of hydrazine groups is 1. The smallest absolute Gasteiger partial charge is 0.147 e. The van der Waals surface area contributed by atoms with Crippen molar-refractivity contribution >= 4 is 17.4 Å². The molecule has 110 valence electrons. The molecule has 0 aliphatic heterocycles. The highest BCUT2D eigenvalue weighted by Gasteiger charge is 2.18. The second-order valence-electron chi connectivity index (χ2n) is 5.15. The number of aryl methyl sites for hydroxylation is 1. The first-order chi connectivity index (χ1) is 10.2. The van der Waals surface area contributed by atoms with E-state index in [-0.39, 0.29) is 5.02 Å². The number of benzene rings is 1. The Hall–Kier alpha value is -1.72. The summed E-state index contributed by atoms with van der Waals surface area (Å²) >= 11 is 5.81. The Kier molecular flexibility index (Phi) is 4.03. The van der Waals surface area contributed by atoms with Crippen molar-refractivity contribution in [3.05, 3.63) is 51.7 Å². The van der Waals surface area contributed by atoms with Crippen LogP contribution in [0.25, 0.3) is 0 Å². The van der Waals surface area contributed by atoms with Gasteiger partial charge in [-0.1, -0.05) is 23.7 Å². The van der Waals surface area contributed by atoms with Crippen LogP contribution in [-0.4, -0.2) is 9.97 Å². The SMILES string of the molecule is NNc1nc(Cc2cccc(Cl)c2F)nc2c1CCCC2. The van der Waals surface area contributed by atoms with Gasteiger partial charge in [0.05, 0.1) is 5.02 Å². The number of nitrogens with one attached hydrogen (secondary N) is 1. The molecule has 3 N–H and O–H groups in total. The summed E-state index contributed by atoms with van der Waals surface area (Å²) in [5, 5.41) is 0.114. The number of anilines is 1. The topological polar surface area (TPSA) is 63.8 Å². The molecule has 0 fully saturated rings. The summed E-state index contributed by atoms with van der Waals surface area (Å²) in [6.07, 6.45) is 4.37. The quantitative estimate of drug-likeness (QED) is 0.676. The van der Waals surface area contributed by atoms with E-state index in [0.717, 1.165) is 36.9 Å². The van der Waals surface area contributed by atoms with E-state index in [0.29, 0.717) is 23.6 Å². The molecule has 3 rings (SSSR count). The highest BCUT2D eigenvalue weighted by atomic mass is 35.5. The van der Waals surface area contributed by atoms with Crippen LogP contribution < -0.4 is 11.3 Å². The summed E-state index contributed by atoms with van der Waals surface area (Å²) in [6.45, 7) is 0. The Balaban J connectivity index is 1.97. The average molecular weight is 307 g/mol. The molecule has 2 aromatic rings. The van der Waals surface area contributed by atoms with Crippen LogP contribution in [0.1, 0.15) is 35.5 Å². The molecule has 1 aliphatic carbocycles. The highest BCUT2D eigenvalue weighted by Crippen LogP contribution is 2.26. The molecule has 0 radical (unpaired) electrons. The van der Waals surface area contributed by atoms with Crippen molar-refractivity contribution in [2.24, 2.45) is 5.84 Å². The van der Waals surface area contributed by atoms with Crippen molar-refractivity contribution < 1.29 is 4.39 Å². The fourth-order valence-electron chi connectivity index (χ4n) is 2.70. The number of hydrogen-bond donors (Lipinski definition) is 2. The van der Waals surface area contributed by atoms with Gasteiger partial charge >= 0.3 is 0 Å². The Morgan fingerprint density at radius 1 is 1.24 bits per heavy atom. The van der Waals surface area contributed by atoms with Crippen molar-refractivity contribution in [1.29, 1.82) is 0 Å². The molecular formula is C15H16ClFN4. The third-order valence-electron chi connectivity index (χ3n) is 3.75. The number of aromatic nitrogens is 2. The van der Waals surface area contributed by atoms with Gasteiger partial charge in [0.2, 0.25) is 0 Å². The molecule has 0 spiro atoms. The summed E-state index contributed by atoms with van der Waals surface area (Å²) in [5.74, 6) is 6.35. The zero-order chi connectivity index (χ0) is 14.8. The summed E-state index contributed by atoms with van der Waals surface area (Å²) in [6, 6.07) is 4.95. The lowest BCUT2D eigenvalue weighted by atomic mass is 9.96. The predicted molar refractivity (Wildman–Crippen MR) is 80.7 cm³/mol. The molecule has 0 bridgehead atoms. The van der Waals surface area contributed by atoms with Gasteiger partial charge in [0.25, 0.3) is 0 Å². The Bertz CT molecular complexity index is 658. The number of fused-ring (bicyclic) bond motifs is 1. The first-order valence-electron chi connectivity index (χ1n) is 6.97. The number of halogens is 2. The molecule has 1 aliphatic rings. The molecular weight excluding hydrogens is 291 g/mol. The first-order valence-corrected chi connectivity index (χ1v) is 7.35. The van der Waals surface area contributed by atoms with E-state index in [9.17, 15) is 4.39 Å². The molecule has 1 heterocycles. The second-order valence-corrected chi connectivity index (χ2v) is 5.56. The summed E-state index contributed by atoms with van der Waals surface area (Å²) in [7, 11) is 0. The van der Waals surface area contributed by atoms with E-state index in [1.54, 1.807) is 12.1 Å². The molecule has 1 aromatic carbocycles. The van der Waals surface area contributed by atoms with Crippen LogP contribution in [0.4, 0.5) is 10.2 Å². The van der Waals surface area contributed by atoms with E-state index in [4.69, 9.17) is 17.4 Å². The molecule has 0 saturated carbocycles. The minimum absolute atomic E-state index is 0.114. The van der Waals surface area contributed by atoms with Gasteiger partial charge in [-0.05, 0) is 37.3 Å². The maximum atomic E-state index is 14.0. The monoisotopic (exact) mass is 306 g/mol. The van der Waals surface area contributed by atoms with Gasteiger partial charge in [-0.3, -0.25) is 0 Å². The molecule has 0 saturated heterocycles. The van der Waals surface area contributed by atoms with Gasteiger partial charge in [-0.25, -0.2) is 20.2 Å². The minimum atomic E-state index is -0.414. The van der Waals surface area contributed by atoms with Gasteiger partial charge in [0.1, 0.15) is 17.5 Å². The van der Waals surface area contributed by atoms with E-state index < -0.39 is 5.82 Å². The maximum Gasteiger partial charge on any atom is 0.147 e. The fraction of sp³-hybridized carbons (Fsp3) is 0.333. The molecule has 6 heteroatoms. The minimum Gasteiger partial charge on any atom is -0.308 e. The van der Waals surface area contributed by atoms with Crippen LogP contribution in [0.2, 0.25) is 5.02 Å². The zero-order valence-corrected chi connectivity index (χ0v) is 12.3. The summed E-state index contributed by atoms with van der Waals surface area (Å²) in [4.78, 5) is 8.99. The van der Waals surface area contributed by atoms with Crippen LogP contribution in [0, 0.1) is 5.82 Å². The third-order valence-corrected chi connectivity index (χ3v) is 4.04. The number of nitrogen functional groups attached to an aromatic ring is 1. The molecule has 4 nitrogen and oxygen atoms in total. The lowest BCUT2D eigenvalue weighted by molar-refractivity contribution is 0.610. The Labute approximate surface area is 127 Å². The second kappa shape index (κ2) is 5.95. The predicted octanol–water partition coefficient (Wildman–Crippen LogP) is 3.02. The van der Waals surface area contributed by atoms with Gasteiger partial charge in [-0.2, -0.15) is 0 Å². The highest BCUT2D eigenvalue weighted by molar-refractivity contribution is 6.30. The van der Waals surface area contributed by atoms with Crippen molar-refractivity contribution in [2.75, 3.05) is 5.43 Å². The Morgan fingerprint density at radius 2 is 2.05 bits per heavy atom. The van der Waals surface area contributed by atoms with Crippen LogP contribution in [0.3, 0.4) is 0 Å². The van der Waals surface area contributed by atoms with Crippen LogP contribution in [0.5, 0.6) is 0 Å². The number of nitrogens with two attached hydrogens (primary N) is 1. The zero-order valence-electron chi connectivity index (χ0n) is 11.5. The van der Waals surface area contributed by atoms with E-state index >= 15 is 0 Å². The number of nitrogens with zero attached hydrogens (tertiary/aromatic N) is 2. The molecule has 21 heavy (non-hydrogen) atoms. The van der Waals surface area contributed by atoms with Gasteiger partial charge in [0, 0.05) is 17.7 Å². The molecule has 0 atom stereocenters. The molecule has 0 unspecified atom stereocenters. The summed E-state index contributed by atoms with van der Waals surface area (Å²) < 4.78 is 14.0. The average Bonchev–Trinajstić information content (AvgIpc) is 2.51. The number of hydrogen-bond acceptors (Lipinski definition) is 4. The Morgan fingerprint density at radius 3 is 2.86 bits per heavy atom. The largest absolute Gasteiger partial charge is 0.308 e. The normalized spacial score (nSPS) is 13.9. The van der Waals surface area contributed by atoms with Crippen LogP contribution >= 0.6 is 11.6 Å². The van der Waals surface area contributed by atoms with Crippen molar-refractivity contribution in [3.63, 3.8) is 0 Å². The number of rotatable bonds is 3. The van der Waals surface area contributed by atoms with Gasteiger partial charge in [0.15, 0.2) is 0 Å². The van der Waals surface area contributed by atoms with E-state index in [1.807, 2.05) is 0 Å². The van der Waals surface area contributed by atoms with Crippen molar-refractivity contribution in [1.82, 2.24) is 9.97 Å². The molecule has 0 amide bonds.